The molecular formula is C10H11N3O3. The average Bonchev–Trinajstić information content (AvgIpc) is 2.28. The number of hydrogen-bond donors (Lipinski definition) is 1. The van der Waals surface area contributed by atoms with Crippen molar-refractivity contribution in [2.75, 3.05) is 6.61 Å². The Labute approximate surface area is 91.5 Å². The largest absolute Gasteiger partial charge is 0.392 e. The van der Waals surface area contributed by atoms with Gasteiger partial charge in [0.2, 0.25) is 0 Å². The Morgan fingerprint density at radius 2 is 2.25 bits per heavy atom. The second-order valence-electron chi connectivity index (χ2n) is 2.89. The molecule has 0 unspecified atom stereocenters. The lowest BCUT2D eigenvalue weighted by Gasteiger charge is -2.03. The van der Waals surface area contributed by atoms with Gasteiger partial charge in [0.15, 0.2) is 0 Å². The minimum Gasteiger partial charge on any atom is -0.392 e. The fourth-order valence-corrected chi connectivity index (χ4v) is 1.08. The summed E-state index contributed by atoms with van der Waals surface area (Å²) >= 11 is 0. The summed E-state index contributed by atoms with van der Waals surface area (Å²) in [5.74, 6) is 2.22. The van der Waals surface area contributed by atoms with Crippen molar-refractivity contribution >= 4 is 0 Å². The van der Waals surface area contributed by atoms with Gasteiger partial charge in [-0.3, -0.25) is 4.79 Å². The van der Waals surface area contributed by atoms with Crippen LogP contribution in [0, 0.1) is 12.3 Å². The third kappa shape index (κ3) is 2.68. The first-order valence-corrected chi connectivity index (χ1v) is 4.57. The molecule has 0 spiro atoms. The van der Waals surface area contributed by atoms with Crippen LogP contribution < -0.4 is 11.2 Å². The van der Waals surface area contributed by atoms with E-state index in [1.165, 1.54) is 6.08 Å². The number of hydrogen-bond acceptors (Lipinski definition) is 4. The van der Waals surface area contributed by atoms with Crippen molar-refractivity contribution in [2.45, 2.75) is 13.1 Å². The maximum absolute atomic E-state index is 11.6. The van der Waals surface area contributed by atoms with E-state index in [0.29, 0.717) is 0 Å². The second kappa shape index (κ2) is 5.68. The quantitative estimate of drug-likeness (QED) is 0.500. The van der Waals surface area contributed by atoms with Gasteiger partial charge in [0.05, 0.1) is 19.7 Å². The van der Waals surface area contributed by atoms with E-state index in [4.69, 9.17) is 11.5 Å². The average molecular weight is 221 g/mol. The standard InChI is InChI=1S/C10H11N3O3/c1-2-5-12-9(15)8-11-13(10(12)16)6-3-4-7-14/h1,3-4,8,14H,5-7H2/b4-3+. The van der Waals surface area contributed by atoms with Crippen molar-refractivity contribution in [1.82, 2.24) is 14.3 Å². The summed E-state index contributed by atoms with van der Waals surface area (Å²) < 4.78 is 2.00. The van der Waals surface area contributed by atoms with Gasteiger partial charge in [0.1, 0.15) is 6.20 Å². The van der Waals surface area contributed by atoms with Gasteiger partial charge < -0.3 is 5.11 Å². The number of aliphatic hydroxyl groups excluding tert-OH is 1. The summed E-state index contributed by atoms with van der Waals surface area (Å²) in [7, 11) is 0. The third-order valence-electron chi connectivity index (χ3n) is 1.83. The molecule has 0 amide bonds. The molecule has 0 aliphatic heterocycles. The van der Waals surface area contributed by atoms with Gasteiger partial charge in [0.25, 0.3) is 5.56 Å². The highest BCUT2D eigenvalue weighted by molar-refractivity contribution is 4.89. The first-order valence-electron chi connectivity index (χ1n) is 4.57. The summed E-state index contributed by atoms with van der Waals surface area (Å²) in [5, 5.41) is 12.2. The molecule has 0 bridgehead atoms. The maximum atomic E-state index is 11.6. The van der Waals surface area contributed by atoms with Crippen LogP contribution in [0.2, 0.25) is 0 Å². The van der Waals surface area contributed by atoms with E-state index in [9.17, 15) is 9.59 Å². The van der Waals surface area contributed by atoms with Crippen LogP contribution in [0.3, 0.4) is 0 Å². The lowest BCUT2D eigenvalue weighted by Crippen LogP contribution is -2.40. The molecule has 84 valence electrons. The van der Waals surface area contributed by atoms with Crippen LogP contribution in [-0.4, -0.2) is 26.1 Å². The van der Waals surface area contributed by atoms with E-state index in [1.54, 1.807) is 6.08 Å². The maximum Gasteiger partial charge on any atom is 0.348 e. The third-order valence-corrected chi connectivity index (χ3v) is 1.83. The van der Waals surface area contributed by atoms with Gasteiger partial charge in [0, 0.05) is 0 Å². The Kier molecular flexibility index (Phi) is 4.24. The summed E-state index contributed by atoms with van der Waals surface area (Å²) in [4.78, 5) is 22.9. The first-order chi connectivity index (χ1) is 7.70. The highest BCUT2D eigenvalue weighted by Gasteiger charge is 2.03. The zero-order valence-electron chi connectivity index (χ0n) is 8.54. The normalized spacial score (nSPS) is 10.5. The van der Waals surface area contributed by atoms with Crippen molar-refractivity contribution in [2.24, 2.45) is 0 Å². The summed E-state index contributed by atoms with van der Waals surface area (Å²) in [6.07, 6.45) is 9.12. The van der Waals surface area contributed by atoms with E-state index in [1.807, 2.05) is 0 Å². The molecule has 1 aromatic rings. The van der Waals surface area contributed by atoms with Crippen molar-refractivity contribution in [3.8, 4) is 12.3 Å². The molecule has 0 aliphatic carbocycles. The molecule has 0 radical (unpaired) electrons. The molecule has 1 heterocycles. The van der Waals surface area contributed by atoms with Crippen LogP contribution in [0.4, 0.5) is 0 Å². The molecule has 6 heteroatoms. The lowest BCUT2D eigenvalue weighted by molar-refractivity contribution is 0.342. The van der Waals surface area contributed by atoms with Crippen LogP contribution in [0.5, 0.6) is 0 Å². The van der Waals surface area contributed by atoms with Crippen LogP contribution >= 0.6 is 0 Å². The molecule has 1 N–H and O–H groups in total. The molecular weight excluding hydrogens is 210 g/mol. The van der Waals surface area contributed by atoms with E-state index in [0.717, 1.165) is 15.4 Å². The molecule has 0 saturated carbocycles. The van der Waals surface area contributed by atoms with Crippen molar-refractivity contribution in [3.05, 3.63) is 39.2 Å². The van der Waals surface area contributed by atoms with Gasteiger partial charge in [-0.05, 0) is 0 Å². The summed E-state index contributed by atoms with van der Waals surface area (Å²) in [6, 6.07) is 0. The minimum atomic E-state index is -0.562. The summed E-state index contributed by atoms with van der Waals surface area (Å²) in [5.41, 5.74) is -1.08. The minimum absolute atomic E-state index is 0.0795. The topological polar surface area (TPSA) is 77.1 Å². The van der Waals surface area contributed by atoms with Gasteiger partial charge >= 0.3 is 5.69 Å². The van der Waals surface area contributed by atoms with Crippen LogP contribution in [0.1, 0.15) is 0 Å². The highest BCUT2D eigenvalue weighted by atomic mass is 16.2. The Balaban J connectivity index is 3.10. The fourth-order valence-electron chi connectivity index (χ4n) is 1.08. The van der Waals surface area contributed by atoms with Crippen LogP contribution in [0.15, 0.2) is 27.9 Å². The van der Waals surface area contributed by atoms with E-state index in [2.05, 4.69) is 11.0 Å². The van der Waals surface area contributed by atoms with E-state index >= 15 is 0 Å². The number of nitrogens with zero attached hydrogens (tertiary/aromatic N) is 3. The molecule has 0 atom stereocenters. The Morgan fingerprint density at radius 3 is 2.88 bits per heavy atom. The van der Waals surface area contributed by atoms with Gasteiger partial charge in [-0.1, -0.05) is 18.1 Å². The zero-order chi connectivity index (χ0) is 12.0. The van der Waals surface area contributed by atoms with Crippen molar-refractivity contribution < 1.29 is 5.11 Å². The van der Waals surface area contributed by atoms with Crippen molar-refractivity contribution in [1.29, 1.82) is 0 Å². The number of aromatic nitrogens is 3. The Bertz CT molecular complexity index is 533. The highest BCUT2D eigenvalue weighted by Crippen LogP contribution is 1.78. The predicted octanol–water partition coefficient (Wildman–Crippen LogP) is -1.41. The molecule has 16 heavy (non-hydrogen) atoms. The van der Waals surface area contributed by atoms with Gasteiger partial charge in [-0.15, -0.1) is 6.42 Å². The molecule has 0 saturated heterocycles. The molecule has 0 fully saturated rings. The van der Waals surface area contributed by atoms with Crippen LogP contribution in [-0.2, 0) is 13.1 Å². The molecule has 1 aromatic heterocycles. The monoisotopic (exact) mass is 221 g/mol. The van der Waals surface area contributed by atoms with Crippen LogP contribution in [0.25, 0.3) is 0 Å². The molecule has 0 aromatic carbocycles. The number of terminal acetylenes is 1. The lowest BCUT2D eigenvalue weighted by atomic mass is 10.5. The van der Waals surface area contributed by atoms with E-state index in [-0.39, 0.29) is 19.7 Å². The fraction of sp³-hybridized carbons (Fsp3) is 0.300. The SMILES string of the molecule is C#CCn1c(=O)cnn(C/C=C/CO)c1=O. The van der Waals surface area contributed by atoms with Gasteiger partial charge in [-0.2, -0.15) is 5.10 Å². The molecule has 6 nitrogen and oxygen atoms in total. The number of allylic oxidation sites excluding steroid dienone is 1. The molecule has 0 aliphatic rings. The zero-order valence-corrected chi connectivity index (χ0v) is 8.54. The smallest absolute Gasteiger partial charge is 0.348 e. The Hall–Kier alpha value is -2.13. The predicted molar refractivity (Wildman–Crippen MR) is 57.8 cm³/mol. The Morgan fingerprint density at radius 1 is 1.50 bits per heavy atom. The first kappa shape index (κ1) is 11.9. The number of rotatable bonds is 4. The second-order valence-corrected chi connectivity index (χ2v) is 2.89. The van der Waals surface area contributed by atoms with Crippen molar-refractivity contribution in [3.63, 3.8) is 0 Å². The van der Waals surface area contributed by atoms with E-state index < -0.39 is 11.2 Å². The van der Waals surface area contributed by atoms with Gasteiger partial charge in [-0.25, -0.2) is 14.0 Å². The summed E-state index contributed by atoms with van der Waals surface area (Å²) in [6.45, 7) is -0.00705. The number of aliphatic hydroxyl groups is 1. The molecule has 1 rings (SSSR count).